The van der Waals surface area contributed by atoms with Crippen molar-refractivity contribution in [2.24, 2.45) is 5.92 Å². The third-order valence-electron chi connectivity index (χ3n) is 3.86. The summed E-state index contributed by atoms with van der Waals surface area (Å²) >= 11 is 0. The van der Waals surface area contributed by atoms with Gasteiger partial charge in [0, 0.05) is 11.8 Å². The van der Waals surface area contributed by atoms with E-state index in [1.54, 1.807) is 6.07 Å². The molecule has 2 aromatic rings. The monoisotopic (exact) mass is 260 g/mol. The number of oxazole rings is 1. The second kappa shape index (κ2) is 5.21. The van der Waals surface area contributed by atoms with Gasteiger partial charge in [-0.25, -0.2) is 4.98 Å². The summed E-state index contributed by atoms with van der Waals surface area (Å²) in [5.74, 6) is 1.48. The molecule has 0 saturated heterocycles. The van der Waals surface area contributed by atoms with Crippen LogP contribution in [0, 0.1) is 5.92 Å². The van der Waals surface area contributed by atoms with Crippen LogP contribution < -0.4 is 5.73 Å². The van der Waals surface area contributed by atoms with Crippen LogP contribution in [0.1, 0.15) is 38.5 Å². The number of nitrogens with two attached hydrogens (primary N) is 1. The highest BCUT2D eigenvalue weighted by Crippen LogP contribution is 2.26. The van der Waals surface area contributed by atoms with E-state index < -0.39 is 0 Å². The lowest BCUT2D eigenvalue weighted by Crippen LogP contribution is -2.20. The quantitative estimate of drug-likeness (QED) is 0.858. The minimum absolute atomic E-state index is 0.358. The molecule has 0 aliphatic heterocycles. The van der Waals surface area contributed by atoms with Crippen LogP contribution in [0.3, 0.4) is 0 Å². The molecule has 1 heterocycles. The highest BCUT2D eigenvalue weighted by molar-refractivity contribution is 5.76. The van der Waals surface area contributed by atoms with E-state index in [0.717, 1.165) is 29.9 Å². The van der Waals surface area contributed by atoms with Gasteiger partial charge >= 0.3 is 0 Å². The first-order valence-electron chi connectivity index (χ1n) is 6.97. The van der Waals surface area contributed by atoms with Crippen LogP contribution >= 0.6 is 0 Å². The zero-order valence-electron chi connectivity index (χ0n) is 11.3. The number of rotatable bonds is 3. The Labute approximate surface area is 112 Å². The van der Waals surface area contributed by atoms with Crippen molar-refractivity contribution < 1.29 is 9.15 Å². The van der Waals surface area contributed by atoms with Crippen LogP contribution in [0.15, 0.2) is 22.6 Å². The van der Waals surface area contributed by atoms with E-state index in [2.05, 4.69) is 11.9 Å². The van der Waals surface area contributed by atoms with Gasteiger partial charge in [-0.15, -0.1) is 0 Å². The molecule has 102 valence electrons. The largest absolute Gasteiger partial charge is 0.438 e. The van der Waals surface area contributed by atoms with E-state index in [4.69, 9.17) is 14.9 Å². The molecule has 4 heteroatoms. The topological polar surface area (TPSA) is 61.3 Å². The van der Waals surface area contributed by atoms with E-state index >= 15 is 0 Å². The van der Waals surface area contributed by atoms with Gasteiger partial charge in [0.1, 0.15) is 12.1 Å². The van der Waals surface area contributed by atoms with Crippen LogP contribution in [-0.4, -0.2) is 11.1 Å². The molecule has 0 amide bonds. The molecule has 3 rings (SSSR count). The summed E-state index contributed by atoms with van der Waals surface area (Å²) in [7, 11) is 0. The Morgan fingerprint density at radius 2 is 2.11 bits per heavy atom. The number of ether oxygens (including phenoxy) is 1. The van der Waals surface area contributed by atoms with Gasteiger partial charge in [0.05, 0.1) is 6.10 Å². The zero-order chi connectivity index (χ0) is 13.2. The van der Waals surface area contributed by atoms with Gasteiger partial charge in [0.25, 0.3) is 0 Å². The fourth-order valence-electron chi connectivity index (χ4n) is 2.64. The average Bonchev–Trinajstić information content (AvgIpc) is 2.80. The predicted molar refractivity (Wildman–Crippen MR) is 74.6 cm³/mol. The summed E-state index contributed by atoms with van der Waals surface area (Å²) in [5, 5.41) is 0. The highest BCUT2D eigenvalue weighted by Gasteiger charge is 2.19. The molecular formula is C15H20N2O2. The van der Waals surface area contributed by atoms with Gasteiger partial charge in [-0.2, -0.15) is 0 Å². The number of anilines is 1. The molecule has 4 nitrogen and oxygen atoms in total. The van der Waals surface area contributed by atoms with Crippen LogP contribution in [0.4, 0.5) is 5.69 Å². The van der Waals surface area contributed by atoms with Gasteiger partial charge < -0.3 is 14.9 Å². The Bertz CT molecular complexity index is 556. The SMILES string of the molecule is CC1CCC(OCc2nc3ccc(N)cc3o2)CC1. The van der Waals surface area contributed by atoms with Gasteiger partial charge in [-0.3, -0.25) is 0 Å². The molecule has 1 aliphatic carbocycles. The van der Waals surface area contributed by atoms with E-state index in [0.29, 0.717) is 24.3 Å². The van der Waals surface area contributed by atoms with Crippen LogP contribution in [0.2, 0.25) is 0 Å². The standard InChI is InChI=1S/C15H20N2O2/c1-10-2-5-12(6-3-10)18-9-15-17-13-7-4-11(16)8-14(13)19-15/h4,7-8,10,12H,2-3,5-6,9,16H2,1H3. The first kappa shape index (κ1) is 12.5. The van der Waals surface area contributed by atoms with Crippen molar-refractivity contribution in [3.63, 3.8) is 0 Å². The highest BCUT2D eigenvalue weighted by atomic mass is 16.5. The summed E-state index contributed by atoms with van der Waals surface area (Å²) in [6, 6.07) is 5.51. The number of hydrogen-bond donors (Lipinski definition) is 1. The van der Waals surface area contributed by atoms with Crippen LogP contribution in [0.25, 0.3) is 11.1 Å². The second-order valence-corrected chi connectivity index (χ2v) is 5.53. The van der Waals surface area contributed by atoms with Crippen molar-refractivity contribution in [3.8, 4) is 0 Å². The van der Waals surface area contributed by atoms with Gasteiger partial charge in [0.15, 0.2) is 5.58 Å². The van der Waals surface area contributed by atoms with Gasteiger partial charge in [-0.1, -0.05) is 6.92 Å². The maximum absolute atomic E-state index is 5.89. The molecule has 0 spiro atoms. The predicted octanol–water partition coefficient (Wildman–Crippen LogP) is 3.51. The minimum Gasteiger partial charge on any atom is -0.438 e. The summed E-state index contributed by atoms with van der Waals surface area (Å²) < 4.78 is 11.5. The molecule has 0 bridgehead atoms. The first-order valence-corrected chi connectivity index (χ1v) is 6.97. The summed E-state index contributed by atoms with van der Waals surface area (Å²) in [6.07, 6.45) is 5.17. The van der Waals surface area contributed by atoms with Crippen molar-refractivity contribution in [2.45, 2.75) is 45.3 Å². The van der Waals surface area contributed by atoms with Crippen molar-refractivity contribution in [1.82, 2.24) is 4.98 Å². The van der Waals surface area contributed by atoms with E-state index in [-0.39, 0.29) is 0 Å². The summed E-state index contributed by atoms with van der Waals surface area (Å²) in [4.78, 5) is 4.41. The molecule has 0 radical (unpaired) electrons. The smallest absolute Gasteiger partial charge is 0.221 e. The van der Waals surface area contributed by atoms with Crippen molar-refractivity contribution in [1.29, 1.82) is 0 Å². The van der Waals surface area contributed by atoms with Crippen molar-refractivity contribution in [3.05, 3.63) is 24.1 Å². The second-order valence-electron chi connectivity index (χ2n) is 5.53. The lowest BCUT2D eigenvalue weighted by molar-refractivity contribution is -0.000151. The fourth-order valence-corrected chi connectivity index (χ4v) is 2.64. The molecule has 2 N–H and O–H groups in total. The number of fused-ring (bicyclic) bond motifs is 1. The van der Waals surface area contributed by atoms with Crippen LogP contribution in [0.5, 0.6) is 0 Å². The lowest BCUT2D eigenvalue weighted by atomic mass is 9.89. The van der Waals surface area contributed by atoms with Gasteiger partial charge in [-0.05, 0) is 43.7 Å². The summed E-state index contributed by atoms with van der Waals surface area (Å²) in [6.45, 7) is 2.76. The maximum atomic E-state index is 5.89. The number of benzene rings is 1. The first-order chi connectivity index (χ1) is 9.20. The number of nitrogen functional groups attached to an aromatic ring is 1. The Morgan fingerprint density at radius 3 is 2.89 bits per heavy atom. The molecule has 1 aliphatic rings. The molecule has 0 atom stereocenters. The minimum atomic E-state index is 0.358. The molecule has 1 saturated carbocycles. The molecule has 0 unspecified atom stereocenters. The lowest BCUT2D eigenvalue weighted by Gasteiger charge is -2.25. The zero-order valence-corrected chi connectivity index (χ0v) is 11.3. The molecule has 1 fully saturated rings. The third-order valence-corrected chi connectivity index (χ3v) is 3.86. The number of nitrogens with zero attached hydrogens (tertiary/aromatic N) is 1. The molecule has 1 aromatic heterocycles. The number of aromatic nitrogens is 1. The normalized spacial score (nSPS) is 23.8. The van der Waals surface area contributed by atoms with E-state index in [1.807, 2.05) is 12.1 Å². The maximum Gasteiger partial charge on any atom is 0.221 e. The molecular weight excluding hydrogens is 240 g/mol. The van der Waals surface area contributed by atoms with E-state index in [1.165, 1.54) is 12.8 Å². The Hall–Kier alpha value is -1.55. The van der Waals surface area contributed by atoms with Crippen molar-refractivity contribution >= 4 is 16.8 Å². The Kier molecular flexibility index (Phi) is 3.42. The average molecular weight is 260 g/mol. The Balaban J connectivity index is 1.62. The number of hydrogen-bond acceptors (Lipinski definition) is 4. The Morgan fingerprint density at radius 1 is 1.32 bits per heavy atom. The fraction of sp³-hybridized carbons (Fsp3) is 0.533. The van der Waals surface area contributed by atoms with Crippen molar-refractivity contribution in [2.75, 3.05) is 5.73 Å². The molecule has 19 heavy (non-hydrogen) atoms. The molecule has 1 aromatic carbocycles. The summed E-state index contributed by atoms with van der Waals surface area (Å²) in [5.41, 5.74) is 7.98. The third kappa shape index (κ3) is 2.89. The van der Waals surface area contributed by atoms with Crippen LogP contribution in [-0.2, 0) is 11.3 Å². The van der Waals surface area contributed by atoms with E-state index in [9.17, 15) is 0 Å². The van der Waals surface area contributed by atoms with Gasteiger partial charge in [0.2, 0.25) is 5.89 Å².